The highest BCUT2D eigenvalue weighted by Gasteiger charge is 2.23. The van der Waals surface area contributed by atoms with Crippen molar-refractivity contribution < 1.29 is 13.9 Å². The maximum Gasteiger partial charge on any atom is 0.410 e. The lowest BCUT2D eigenvalue weighted by Crippen LogP contribution is -2.37. The largest absolute Gasteiger partial charge is 0.444 e. The first kappa shape index (κ1) is 16.5. The van der Waals surface area contributed by atoms with Crippen LogP contribution in [0.25, 0.3) is 6.08 Å². The van der Waals surface area contributed by atoms with Gasteiger partial charge in [-0.25, -0.2) is 9.18 Å². The highest BCUT2D eigenvalue weighted by atomic mass is 19.1. The predicted octanol–water partition coefficient (Wildman–Crippen LogP) is 4.63. The minimum Gasteiger partial charge on any atom is -0.444 e. The molecule has 1 amide bonds. The summed E-state index contributed by atoms with van der Waals surface area (Å²) in [6.07, 6.45) is 4.56. The first-order valence-corrected chi connectivity index (χ1v) is 7.76. The number of hydrogen-bond donors (Lipinski definition) is 0. The molecule has 1 saturated heterocycles. The quantitative estimate of drug-likeness (QED) is 0.757. The van der Waals surface area contributed by atoms with Crippen molar-refractivity contribution in [1.29, 1.82) is 0 Å². The molecule has 1 aromatic rings. The molecule has 0 atom stereocenters. The zero-order chi connectivity index (χ0) is 16.2. The molecule has 0 bridgehead atoms. The van der Waals surface area contributed by atoms with Gasteiger partial charge >= 0.3 is 6.09 Å². The fraction of sp³-hybridized carbons (Fsp3) is 0.500. The van der Waals surface area contributed by atoms with Crippen molar-refractivity contribution in [2.24, 2.45) is 0 Å². The van der Waals surface area contributed by atoms with Gasteiger partial charge in [-0.15, -0.1) is 0 Å². The van der Waals surface area contributed by atoms with E-state index in [2.05, 4.69) is 6.08 Å². The van der Waals surface area contributed by atoms with E-state index in [1.165, 1.54) is 17.7 Å². The molecule has 1 aliphatic rings. The SMILES string of the molecule is CC(C)(C)OC(=O)N1CCC/C(=C/c2ccc(F)cc2)CC1. The number of benzene rings is 1. The topological polar surface area (TPSA) is 29.5 Å². The molecule has 3 nitrogen and oxygen atoms in total. The summed E-state index contributed by atoms with van der Waals surface area (Å²) in [6.45, 7) is 7.02. The first-order valence-electron chi connectivity index (χ1n) is 7.76. The van der Waals surface area contributed by atoms with Crippen LogP contribution in [0, 0.1) is 5.82 Å². The van der Waals surface area contributed by atoms with Gasteiger partial charge in [0.05, 0.1) is 0 Å². The Morgan fingerprint density at radius 1 is 1.18 bits per heavy atom. The van der Waals surface area contributed by atoms with Crippen molar-refractivity contribution in [1.82, 2.24) is 4.90 Å². The third-order valence-corrected chi connectivity index (χ3v) is 3.52. The van der Waals surface area contributed by atoms with Crippen molar-refractivity contribution >= 4 is 12.2 Å². The zero-order valence-electron chi connectivity index (χ0n) is 13.6. The second-order valence-corrected chi connectivity index (χ2v) is 6.68. The number of ether oxygens (including phenoxy) is 1. The van der Waals surface area contributed by atoms with E-state index in [-0.39, 0.29) is 11.9 Å². The second-order valence-electron chi connectivity index (χ2n) is 6.68. The fourth-order valence-electron chi connectivity index (χ4n) is 2.46. The monoisotopic (exact) mass is 305 g/mol. The van der Waals surface area contributed by atoms with Gasteiger partial charge in [0.1, 0.15) is 11.4 Å². The Balaban J connectivity index is 1.97. The molecule has 0 saturated carbocycles. The summed E-state index contributed by atoms with van der Waals surface area (Å²) < 4.78 is 18.4. The van der Waals surface area contributed by atoms with E-state index < -0.39 is 5.60 Å². The second kappa shape index (κ2) is 6.95. The van der Waals surface area contributed by atoms with Crippen LogP contribution in [-0.4, -0.2) is 29.7 Å². The Morgan fingerprint density at radius 2 is 1.86 bits per heavy atom. The van der Waals surface area contributed by atoms with Crippen LogP contribution >= 0.6 is 0 Å². The molecule has 2 rings (SSSR count). The molecule has 1 fully saturated rings. The Bertz CT molecular complexity index is 543. The lowest BCUT2D eigenvalue weighted by Gasteiger charge is -2.26. The molecule has 1 aromatic carbocycles. The molecule has 0 aliphatic carbocycles. The summed E-state index contributed by atoms with van der Waals surface area (Å²) >= 11 is 0. The predicted molar refractivity (Wildman–Crippen MR) is 86.0 cm³/mol. The molecule has 0 unspecified atom stereocenters. The van der Waals surface area contributed by atoms with Crippen molar-refractivity contribution in [2.75, 3.05) is 13.1 Å². The Morgan fingerprint density at radius 3 is 2.50 bits per heavy atom. The standard InChI is InChI=1S/C18H24FNO2/c1-18(2,3)22-17(21)20-11-4-5-14(10-12-20)13-15-6-8-16(19)9-7-15/h6-9,13H,4-5,10-12H2,1-3H3/b14-13-. The van der Waals surface area contributed by atoms with E-state index in [1.807, 2.05) is 20.8 Å². The number of hydrogen-bond acceptors (Lipinski definition) is 2. The number of likely N-dealkylation sites (tertiary alicyclic amines) is 1. The molecule has 4 heteroatoms. The molecular formula is C18H24FNO2. The van der Waals surface area contributed by atoms with Gasteiger partial charge in [0.15, 0.2) is 0 Å². The van der Waals surface area contributed by atoms with E-state index >= 15 is 0 Å². The van der Waals surface area contributed by atoms with Crippen LogP contribution in [-0.2, 0) is 4.74 Å². The Labute approximate surface area is 131 Å². The van der Waals surface area contributed by atoms with Crippen LogP contribution in [0.15, 0.2) is 29.8 Å². The van der Waals surface area contributed by atoms with E-state index in [1.54, 1.807) is 17.0 Å². The summed E-state index contributed by atoms with van der Waals surface area (Å²) in [6, 6.07) is 6.49. The van der Waals surface area contributed by atoms with Crippen LogP contribution in [0.5, 0.6) is 0 Å². The van der Waals surface area contributed by atoms with Gasteiger partial charge in [-0.3, -0.25) is 0 Å². The summed E-state index contributed by atoms with van der Waals surface area (Å²) in [4.78, 5) is 13.9. The first-order chi connectivity index (χ1) is 10.3. The Hall–Kier alpha value is -1.84. The van der Waals surface area contributed by atoms with Crippen molar-refractivity contribution in [2.45, 2.75) is 45.6 Å². The summed E-state index contributed by atoms with van der Waals surface area (Å²) in [5.74, 6) is -0.223. The maximum absolute atomic E-state index is 12.9. The van der Waals surface area contributed by atoms with Crippen LogP contribution in [0.2, 0.25) is 0 Å². The average Bonchev–Trinajstić information content (AvgIpc) is 2.65. The van der Waals surface area contributed by atoms with Gasteiger partial charge < -0.3 is 9.64 Å². The van der Waals surface area contributed by atoms with Crippen molar-refractivity contribution in [3.63, 3.8) is 0 Å². The maximum atomic E-state index is 12.9. The van der Waals surface area contributed by atoms with Gasteiger partial charge in [0.2, 0.25) is 0 Å². The van der Waals surface area contributed by atoms with Crippen LogP contribution in [0.1, 0.15) is 45.6 Å². The highest BCUT2D eigenvalue weighted by molar-refractivity contribution is 5.68. The number of nitrogens with zero attached hydrogens (tertiary/aromatic N) is 1. The van der Waals surface area contributed by atoms with Gasteiger partial charge in [0, 0.05) is 13.1 Å². The number of amides is 1. The molecule has 22 heavy (non-hydrogen) atoms. The molecule has 0 N–H and O–H groups in total. The molecule has 0 radical (unpaired) electrons. The van der Waals surface area contributed by atoms with E-state index in [9.17, 15) is 9.18 Å². The third-order valence-electron chi connectivity index (χ3n) is 3.52. The molecule has 120 valence electrons. The molecule has 1 aliphatic heterocycles. The normalized spacial score (nSPS) is 18.2. The lowest BCUT2D eigenvalue weighted by molar-refractivity contribution is 0.0258. The zero-order valence-corrected chi connectivity index (χ0v) is 13.6. The molecular weight excluding hydrogens is 281 g/mol. The third kappa shape index (κ3) is 5.17. The van der Waals surface area contributed by atoms with E-state index in [4.69, 9.17) is 4.74 Å². The van der Waals surface area contributed by atoms with E-state index in [0.29, 0.717) is 6.54 Å². The average molecular weight is 305 g/mol. The van der Waals surface area contributed by atoms with E-state index in [0.717, 1.165) is 31.4 Å². The number of rotatable bonds is 1. The van der Waals surface area contributed by atoms with Gasteiger partial charge in [-0.05, 0) is 57.7 Å². The number of halogens is 1. The van der Waals surface area contributed by atoms with Crippen molar-refractivity contribution in [3.05, 3.63) is 41.2 Å². The molecule has 0 spiro atoms. The number of carbonyl (C=O) groups is 1. The van der Waals surface area contributed by atoms with Crippen LogP contribution < -0.4 is 0 Å². The molecule has 1 heterocycles. The summed E-state index contributed by atoms with van der Waals surface area (Å²) in [5, 5.41) is 0. The minimum absolute atomic E-state index is 0.223. The van der Waals surface area contributed by atoms with Crippen LogP contribution in [0.3, 0.4) is 0 Å². The number of carbonyl (C=O) groups excluding carboxylic acids is 1. The van der Waals surface area contributed by atoms with Gasteiger partial charge in [0.25, 0.3) is 0 Å². The van der Waals surface area contributed by atoms with Gasteiger partial charge in [-0.2, -0.15) is 0 Å². The minimum atomic E-state index is -0.462. The highest BCUT2D eigenvalue weighted by Crippen LogP contribution is 2.21. The van der Waals surface area contributed by atoms with Crippen molar-refractivity contribution in [3.8, 4) is 0 Å². The summed E-state index contributed by atoms with van der Waals surface area (Å²) in [5.41, 5.74) is 1.83. The smallest absolute Gasteiger partial charge is 0.410 e. The molecule has 0 aromatic heterocycles. The van der Waals surface area contributed by atoms with Crippen LogP contribution in [0.4, 0.5) is 9.18 Å². The summed E-state index contributed by atoms with van der Waals surface area (Å²) in [7, 11) is 0. The van der Waals surface area contributed by atoms with Gasteiger partial charge in [-0.1, -0.05) is 23.8 Å². The fourth-order valence-corrected chi connectivity index (χ4v) is 2.46. The lowest BCUT2D eigenvalue weighted by atomic mass is 10.0. The Kier molecular flexibility index (Phi) is 5.22.